The zero-order valence-electron chi connectivity index (χ0n) is 20.7. The molecule has 8 nitrogen and oxygen atoms in total. The highest BCUT2D eigenvalue weighted by Crippen LogP contribution is 2.33. The molecule has 0 radical (unpaired) electrons. The summed E-state index contributed by atoms with van der Waals surface area (Å²) < 4.78 is 7.72. The third-order valence-electron chi connectivity index (χ3n) is 6.15. The summed E-state index contributed by atoms with van der Waals surface area (Å²) in [5.74, 6) is 1.23. The maximum atomic E-state index is 12.8. The Hall–Kier alpha value is -2.55. The van der Waals surface area contributed by atoms with E-state index in [9.17, 15) is 9.59 Å². The van der Waals surface area contributed by atoms with Crippen LogP contribution in [0.5, 0.6) is 5.75 Å². The third kappa shape index (κ3) is 6.74. The summed E-state index contributed by atoms with van der Waals surface area (Å²) in [6, 6.07) is 6.82. The van der Waals surface area contributed by atoms with Gasteiger partial charge in [0.05, 0.1) is 6.61 Å². The molecule has 34 heavy (non-hydrogen) atoms. The Kier molecular flexibility index (Phi) is 9.80. The minimum Gasteiger partial charge on any atom is -0.494 e. The van der Waals surface area contributed by atoms with Crippen LogP contribution in [0.3, 0.4) is 0 Å². The maximum Gasteiger partial charge on any atom is 0.251 e. The molecule has 1 aliphatic rings. The van der Waals surface area contributed by atoms with E-state index in [2.05, 4.69) is 25.4 Å². The van der Waals surface area contributed by atoms with E-state index in [4.69, 9.17) is 4.74 Å². The van der Waals surface area contributed by atoms with Crippen LogP contribution in [0.25, 0.3) is 0 Å². The van der Waals surface area contributed by atoms with Crippen molar-refractivity contribution in [1.29, 1.82) is 0 Å². The first-order chi connectivity index (χ1) is 16.4. The molecule has 1 atom stereocenters. The van der Waals surface area contributed by atoms with Crippen molar-refractivity contribution in [2.75, 3.05) is 19.4 Å². The van der Waals surface area contributed by atoms with Gasteiger partial charge in [-0.1, -0.05) is 38.5 Å². The van der Waals surface area contributed by atoms with Gasteiger partial charge >= 0.3 is 0 Å². The van der Waals surface area contributed by atoms with Crippen LogP contribution in [0.1, 0.15) is 75.1 Å². The van der Waals surface area contributed by atoms with E-state index in [-0.39, 0.29) is 17.7 Å². The van der Waals surface area contributed by atoms with E-state index in [1.165, 1.54) is 25.7 Å². The number of aryl methyl sites for hydroxylation is 1. The zero-order valence-corrected chi connectivity index (χ0v) is 21.5. The van der Waals surface area contributed by atoms with Crippen molar-refractivity contribution >= 4 is 23.6 Å². The van der Waals surface area contributed by atoms with Crippen LogP contribution in [0.4, 0.5) is 0 Å². The number of ether oxygens (including phenoxy) is 1. The fourth-order valence-electron chi connectivity index (χ4n) is 4.34. The van der Waals surface area contributed by atoms with Crippen LogP contribution in [0.2, 0.25) is 0 Å². The summed E-state index contributed by atoms with van der Waals surface area (Å²) in [5.41, 5.74) is 0.498. The van der Waals surface area contributed by atoms with Gasteiger partial charge in [0.15, 0.2) is 5.16 Å². The van der Waals surface area contributed by atoms with Crippen LogP contribution in [-0.4, -0.2) is 52.0 Å². The first kappa shape index (κ1) is 26.1. The number of nitrogens with one attached hydrogen (secondary N) is 2. The summed E-state index contributed by atoms with van der Waals surface area (Å²) in [5, 5.41) is 15.6. The van der Waals surface area contributed by atoms with E-state index in [1.54, 1.807) is 36.0 Å². The highest BCUT2D eigenvalue weighted by molar-refractivity contribution is 7.98. The van der Waals surface area contributed by atoms with Gasteiger partial charge in [-0.2, -0.15) is 0 Å². The van der Waals surface area contributed by atoms with Gasteiger partial charge in [-0.25, -0.2) is 0 Å². The molecular weight excluding hydrogens is 450 g/mol. The fourth-order valence-corrected chi connectivity index (χ4v) is 4.92. The van der Waals surface area contributed by atoms with Crippen molar-refractivity contribution in [3.05, 3.63) is 35.7 Å². The minimum atomic E-state index is -0.607. The van der Waals surface area contributed by atoms with Crippen LogP contribution >= 0.6 is 11.8 Å². The monoisotopic (exact) mass is 487 g/mol. The van der Waals surface area contributed by atoms with Crippen LogP contribution in [0, 0.1) is 5.92 Å². The SMILES string of the molecule is CCOc1ccc(C(=O)NC(C(=O)NCCCc2nnc(SC)n2C2CCCC2)C(C)C)cc1. The molecule has 2 aromatic rings. The molecule has 1 aromatic heterocycles. The summed E-state index contributed by atoms with van der Waals surface area (Å²) in [7, 11) is 0. The quantitative estimate of drug-likeness (QED) is 0.347. The zero-order chi connectivity index (χ0) is 24.5. The normalized spacial score (nSPS) is 14.9. The van der Waals surface area contributed by atoms with Gasteiger partial charge in [0.2, 0.25) is 5.91 Å². The lowest BCUT2D eigenvalue weighted by molar-refractivity contribution is -0.123. The van der Waals surface area contributed by atoms with E-state index in [0.29, 0.717) is 30.5 Å². The van der Waals surface area contributed by atoms with Gasteiger partial charge in [0, 0.05) is 24.6 Å². The number of aromatic nitrogens is 3. The molecule has 1 heterocycles. The Labute approximate surface area is 206 Å². The van der Waals surface area contributed by atoms with Gasteiger partial charge in [-0.15, -0.1) is 10.2 Å². The molecule has 1 unspecified atom stereocenters. The minimum absolute atomic E-state index is 0.0405. The van der Waals surface area contributed by atoms with Crippen molar-refractivity contribution in [2.24, 2.45) is 5.92 Å². The molecular formula is C25H37N5O3S. The number of carbonyl (C=O) groups excluding carboxylic acids is 2. The number of nitrogens with zero attached hydrogens (tertiary/aromatic N) is 3. The molecule has 0 spiro atoms. The largest absolute Gasteiger partial charge is 0.494 e. The molecule has 1 aromatic carbocycles. The molecule has 2 N–H and O–H groups in total. The average molecular weight is 488 g/mol. The second-order valence-corrected chi connectivity index (χ2v) is 9.73. The third-order valence-corrected chi connectivity index (χ3v) is 6.79. The van der Waals surface area contributed by atoms with Crippen LogP contribution < -0.4 is 15.4 Å². The van der Waals surface area contributed by atoms with E-state index in [1.807, 2.05) is 27.0 Å². The molecule has 0 bridgehead atoms. The van der Waals surface area contributed by atoms with Crippen molar-refractivity contribution in [2.45, 2.75) is 76.5 Å². The molecule has 9 heteroatoms. The Morgan fingerprint density at radius 1 is 1.18 bits per heavy atom. The number of amides is 2. The van der Waals surface area contributed by atoms with Crippen molar-refractivity contribution in [1.82, 2.24) is 25.4 Å². The highest BCUT2D eigenvalue weighted by atomic mass is 32.2. The lowest BCUT2D eigenvalue weighted by Crippen LogP contribution is -2.49. The number of thioether (sulfide) groups is 1. The molecule has 0 aliphatic heterocycles. The van der Waals surface area contributed by atoms with Crippen molar-refractivity contribution in [3.8, 4) is 5.75 Å². The summed E-state index contributed by atoms with van der Waals surface area (Å²) in [4.78, 5) is 25.5. The number of hydrogen-bond acceptors (Lipinski definition) is 6. The Morgan fingerprint density at radius 2 is 1.88 bits per heavy atom. The standard InChI is InChI=1S/C25H37N5O3S/c1-5-33-20-14-12-18(13-15-20)23(31)27-22(17(2)3)24(32)26-16-8-11-21-28-29-25(34-4)30(21)19-9-6-7-10-19/h12-15,17,19,22H,5-11,16H2,1-4H3,(H,26,32)(H,27,31). The molecule has 0 saturated heterocycles. The summed E-state index contributed by atoms with van der Waals surface area (Å²) >= 11 is 1.63. The number of hydrogen-bond donors (Lipinski definition) is 2. The molecule has 3 rings (SSSR count). The van der Waals surface area contributed by atoms with E-state index in [0.717, 1.165) is 23.8 Å². The van der Waals surface area contributed by atoms with E-state index >= 15 is 0 Å². The lowest BCUT2D eigenvalue weighted by Gasteiger charge is -2.22. The molecule has 1 aliphatic carbocycles. The second kappa shape index (κ2) is 12.8. The highest BCUT2D eigenvalue weighted by Gasteiger charge is 2.25. The molecule has 2 amide bonds. The second-order valence-electron chi connectivity index (χ2n) is 8.96. The first-order valence-corrected chi connectivity index (χ1v) is 13.5. The fraction of sp³-hybridized carbons (Fsp3) is 0.600. The summed E-state index contributed by atoms with van der Waals surface area (Å²) in [6.45, 7) is 6.86. The van der Waals surface area contributed by atoms with E-state index < -0.39 is 6.04 Å². The van der Waals surface area contributed by atoms with Crippen LogP contribution in [-0.2, 0) is 11.2 Å². The van der Waals surface area contributed by atoms with Gasteiger partial charge in [0.25, 0.3) is 5.91 Å². The van der Waals surface area contributed by atoms with Gasteiger partial charge in [-0.05, 0) is 62.6 Å². The Morgan fingerprint density at radius 3 is 2.50 bits per heavy atom. The lowest BCUT2D eigenvalue weighted by atomic mass is 10.0. The molecule has 186 valence electrons. The predicted molar refractivity (Wildman–Crippen MR) is 134 cm³/mol. The topological polar surface area (TPSA) is 98.1 Å². The number of carbonyl (C=O) groups is 2. The average Bonchev–Trinajstić information content (AvgIpc) is 3.50. The molecule has 1 fully saturated rings. The van der Waals surface area contributed by atoms with Gasteiger partial charge in [-0.3, -0.25) is 9.59 Å². The number of rotatable bonds is 12. The van der Waals surface area contributed by atoms with Gasteiger partial charge in [0.1, 0.15) is 17.6 Å². The summed E-state index contributed by atoms with van der Waals surface area (Å²) in [6.07, 6.45) is 8.43. The van der Waals surface area contributed by atoms with Crippen molar-refractivity contribution in [3.63, 3.8) is 0 Å². The Bertz CT molecular complexity index is 939. The maximum absolute atomic E-state index is 12.8. The predicted octanol–water partition coefficient (Wildman–Crippen LogP) is 4.02. The smallest absolute Gasteiger partial charge is 0.251 e. The first-order valence-electron chi connectivity index (χ1n) is 12.2. The van der Waals surface area contributed by atoms with Gasteiger partial charge < -0.3 is 19.9 Å². The number of benzene rings is 1. The molecule has 1 saturated carbocycles. The van der Waals surface area contributed by atoms with Crippen LogP contribution in [0.15, 0.2) is 29.4 Å². The Balaban J connectivity index is 1.51. The van der Waals surface area contributed by atoms with Crippen molar-refractivity contribution < 1.29 is 14.3 Å².